The van der Waals surface area contributed by atoms with Crippen LogP contribution in [0.3, 0.4) is 0 Å². The van der Waals surface area contributed by atoms with Crippen molar-refractivity contribution in [2.24, 2.45) is 5.73 Å². The molecule has 1 atom stereocenters. The Morgan fingerprint density at radius 3 is 2.39 bits per heavy atom. The molecular formula is C17H20ClN3O2. The number of nitrogens with two attached hydrogens (primary N) is 1. The molecule has 1 saturated heterocycles. The summed E-state index contributed by atoms with van der Waals surface area (Å²) in [6, 6.07) is 8.62. The molecule has 1 aliphatic rings. The first kappa shape index (κ1) is 17.2. The van der Waals surface area contributed by atoms with Crippen LogP contribution in [0.2, 0.25) is 0 Å². The minimum Gasteiger partial charge on any atom is -0.367 e. The van der Waals surface area contributed by atoms with E-state index in [0.29, 0.717) is 23.2 Å². The summed E-state index contributed by atoms with van der Waals surface area (Å²) >= 11 is 0. The number of hydrogen-bond donors (Lipinski definition) is 2. The number of carbonyl (C=O) groups is 2. The van der Waals surface area contributed by atoms with Gasteiger partial charge in [-0.2, -0.15) is 0 Å². The van der Waals surface area contributed by atoms with E-state index in [1.54, 1.807) is 47.6 Å². The lowest BCUT2D eigenvalue weighted by molar-refractivity contribution is 0.0708. The molecule has 0 bridgehead atoms. The molecule has 5 nitrogen and oxygen atoms in total. The zero-order valence-electron chi connectivity index (χ0n) is 12.7. The molecule has 1 aromatic heterocycles. The van der Waals surface area contributed by atoms with Gasteiger partial charge in [-0.15, -0.1) is 12.4 Å². The highest BCUT2D eigenvalue weighted by Crippen LogP contribution is 2.15. The first-order chi connectivity index (χ1) is 10.6. The summed E-state index contributed by atoms with van der Waals surface area (Å²) in [5.74, 6) is -0.0731. The van der Waals surface area contributed by atoms with E-state index in [0.717, 1.165) is 19.4 Å². The number of likely N-dealkylation sites (tertiary alicyclic amines) is 1. The predicted molar refractivity (Wildman–Crippen MR) is 91.0 cm³/mol. The molecule has 1 unspecified atom stereocenters. The van der Waals surface area contributed by atoms with Crippen LogP contribution < -0.4 is 5.73 Å². The van der Waals surface area contributed by atoms with E-state index in [9.17, 15) is 9.59 Å². The average molecular weight is 334 g/mol. The van der Waals surface area contributed by atoms with Crippen molar-refractivity contribution >= 4 is 24.1 Å². The number of amides is 1. The molecule has 122 valence electrons. The number of halogens is 1. The number of rotatable bonds is 3. The third-order valence-corrected chi connectivity index (χ3v) is 4.00. The fraction of sp³-hybridized carbons (Fsp3) is 0.294. The lowest BCUT2D eigenvalue weighted by Gasteiger charge is -2.30. The Morgan fingerprint density at radius 2 is 1.78 bits per heavy atom. The molecule has 2 aromatic rings. The van der Waals surface area contributed by atoms with Gasteiger partial charge in [0.15, 0.2) is 5.78 Å². The van der Waals surface area contributed by atoms with E-state index >= 15 is 0 Å². The number of aromatic amines is 1. The summed E-state index contributed by atoms with van der Waals surface area (Å²) in [4.78, 5) is 29.3. The van der Waals surface area contributed by atoms with Gasteiger partial charge in [0.25, 0.3) is 5.91 Å². The van der Waals surface area contributed by atoms with Crippen molar-refractivity contribution in [3.8, 4) is 0 Å². The number of hydrogen-bond acceptors (Lipinski definition) is 3. The number of nitrogens with one attached hydrogen (secondary N) is 1. The predicted octanol–water partition coefficient (Wildman–Crippen LogP) is 2.23. The number of nitrogens with zero attached hydrogens (tertiary/aromatic N) is 1. The van der Waals surface area contributed by atoms with Crippen LogP contribution in [0.5, 0.6) is 0 Å². The number of aromatic nitrogens is 1. The zero-order valence-corrected chi connectivity index (χ0v) is 13.5. The maximum Gasteiger partial charge on any atom is 0.253 e. The average Bonchev–Trinajstić information content (AvgIpc) is 3.08. The molecule has 0 aliphatic carbocycles. The van der Waals surface area contributed by atoms with Gasteiger partial charge in [-0.1, -0.05) is 12.1 Å². The maximum absolute atomic E-state index is 12.4. The molecule has 0 radical (unpaired) electrons. The van der Waals surface area contributed by atoms with E-state index in [1.807, 2.05) is 0 Å². The maximum atomic E-state index is 12.4. The van der Waals surface area contributed by atoms with Crippen molar-refractivity contribution in [1.29, 1.82) is 0 Å². The Bertz CT molecular complexity index is 668. The van der Waals surface area contributed by atoms with Gasteiger partial charge in [-0.05, 0) is 31.0 Å². The number of ketones is 1. The van der Waals surface area contributed by atoms with Gasteiger partial charge in [-0.3, -0.25) is 9.59 Å². The fourth-order valence-electron chi connectivity index (χ4n) is 2.77. The van der Waals surface area contributed by atoms with Crippen molar-refractivity contribution in [3.05, 3.63) is 59.4 Å². The fourth-order valence-corrected chi connectivity index (χ4v) is 2.77. The van der Waals surface area contributed by atoms with Crippen LogP contribution in [0.1, 0.15) is 39.1 Å². The summed E-state index contributed by atoms with van der Waals surface area (Å²) in [5.41, 5.74) is 7.70. The smallest absolute Gasteiger partial charge is 0.253 e. The molecule has 3 rings (SSSR count). The standard InChI is InChI=1S/C17H19N3O2.ClH/c18-15-2-1-9-20(11-15)17(22)13-5-3-12(4-6-13)16(21)14-7-8-19-10-14;/h3-8,10,15,19H,1-2,9,11,18H2;1H. The largest absolute Gasteiger partial charge is 0.367 e. The normalized spacial score (nSPS) is 17.4. The Balaban J connectivity index is 0.00000192. The Labute approximate surface area is 141 Å². The van der Waals surface area contributed by atoms with Gasteiger partial charge in [0.1, 0.15) is 0 Å². The van der Waals surface area contributed by atoms with Gasteiger partial charge >= 0.3 is 0 Å². The minimum atomic E-state index is -0.0553. The van der Waals surface area contributed by atoms with Crippen LogP contribution in [0.4, 0.5) is 0 Å². The number of benzene rings is 1. The van der Waals surface area contributed by atoms with E-state index < -0.39 is 0 Å². The molecule has 23 heavy (non-hydrogen) atoms. The van der Waals surface area contributed by atoms with E-state index in [4.69, 9.17) is 5.73 Å². The third-order valence-electron chi connectivity index (χ3n) is 4.00. The molecular weight excluding hydrogens is 314 g/mol. The SMILES string of the molecule is Cl.NC1CCCN(C(=O)c2ccc(C(=O)c3cc[nH]c3)cc2)C1. The monoisotopic (exact) mass is 333 g/mol. The van der Waals surface area contributed by atoms with Crippen LogP contribution in [0, 0.1) is 0 Å². The second kappa shape index (κ2) is 7.44. The summed E-state index contributed by atoms with van der Waals surface area (Å²) in [6.45, 7) is 1.35. The molecule has 6 heteroatoms. The Morgan fingerprint density at radius 1 is 1.09 bits per heavy atom. The van der Waals surface area contributed by atoms with Gasteiger partial charge in [0.2, 0.25) is 0 Å². The second-order valence-electron chi connectivity index (χ2n) is 5.66. The van der Waals surface area contributed by atoms with Gasteiger partial charge in [0, 0.05) is 48.2 Å². The summed E-state index contributed by atoms with van der Waals surface area (Å²) in [5, 5.41) is 0. The third kappa shape index (κ3) is 3.81. The highest BCUT2D eigenvalue weighted by Gasteiger charge is 2.22. The van der Waals surface area contributed by atoms with Crippen LogP contribution in [-0.2, 0) is 0 Å². The molecule has 1 aliphatic heterocycles. The van der Waals surface area contributed by atoms with Gasteiger partial charge in [0.05, 0.1) is 0 Å². The summed E-state index contributed by atoms with van der Waals surface area (Å²) in [7, 11) is 0. The molecule has 0 spiro atoms. The van der Waals surface area contributed by atoms with Crippen molar-refractivity contribution in [2.45, 2.75) is 18.9 Å². The molecule has 3 N–H and O–H groups in total. The topological polar surface area (TPSA) is 79.2 Å². The van der Waals surface area contributed by atoms with Gasteiger partial charge in [-0.25, -0.2) is 0 Å². The van der Waals surface area contributed by atoms with Crippen LogP contribution in [-0.4, -0.2) is 40.7 Å². The Kier molecular flexibility index (Phi) is 5.58. The van der Waals surface area contributed by atoms with E-state index in [2.05, 4.69) is 4.98 Å². The first-order valence-corrected chi connectivity index (χ1v) is 7.47. The van der Waals surface area contributed by atoms with E-state index in [1.165, 1.54) is 0 Å². The summed E-state index contributed by atoms with van der Waals surface area (Å²) in [6.07, 6.45) is 5.28. The number of H-pyrrole nitrogens is 1. The zero-order chi connectivity index (χ0) is 15.5. The summed E-state index contributed by atoms with van der Waals surface area (Å²) < 4.78 is 0. The van der Waals surface area contributed by atoms with Crippen molar-refractivity contribution in [1.82, 2.24) is 9.88 Å². The molecule has 1 fully saturated rings. The second-order valence-corrected chi connectivity index (χ2v) is 5.66. The van der Waals surface area contributed by atoms with Crippen LogP contribution in [0.15, 0.2) is 42.7 Å². The minimum absolute atomic E-state index is 0. The van der Waals surface area contributed by atoms with E-state index in [-0.39, 0.29) is 30.1 Å². The molecule has 1 amide bonds. The van der Waals surface area contributed by atoms with Crippen LogP contribution in [0.25, 0.3) is 0 Å². The van der Waals surface area contributed by atoms with Crippen molar-refractivity contribution in [3.63, 3.8) is 0 Å². The van der Waals surface area contributed by atoms with Crippen molar-refractivity contribution < 1.29 is 9.59 Å². The van der Waals surface area contributed by atoms with Crippen LogP contribution >= 0.6 is 12.4 Å². The molecule has 0 saturated carbocycles. The first-order valence-electron chi connectivity index (χ1n) is 7.47. The number of carbonyl (C=O) groups excluding carboxylic acids is 2. The lowest BCUT2D eigenvalue weighted by Crippen LogP contribution is -2.45. The Hall–Kier alpha value is -2.11. The van der Waals surface area contributed by atoms with Gasteiger partial charge < -0.3 is 15.6 Å². The highest BCUT2D eigenvalue weighted by atomic mass is 35.5. The molecule has 1 aromatic carbocycles. The quantitative estimate of drug-likeness (QED) is 0.845. The molecule has 2 heterocycles. The lowest BCUT2D eigenvalue weighted by atomic mass is 10.0. The highest BCUT2D eigenvalue weighted by molar-refractivity contribution is 6.09. The number of piperidine rings is 1. The van der Waals surface area contributed by atoms with Crippen molar-refractivity contribution in [2.75, 3.05) is 13.1 Å².